The third-order valence-corrected chi connectivity index (χ3v) is 3.49. The first-order valence-electron chi connectivity index (χ1n) is 7.32. The van der Waals surface area contributed by atoms with Crippen molar-refractivity contribution in [3.63, 3.8) is 0 Å². The molecular formula is C17H23N3. The average molecular weight is 269 g/mol. The molecule has 0 saturated heterocycles. The minimum Gasteiger partial charge on any atom is -0.309 e. The van der Waals surface area contributed by atoms with Crippen LogP contribution in [0.4, 0.5) is 0 Å². The van der Waals surface area contributed by atoms with Crippen molar-refractivity contribution < 1.29 is 0 Å². The summed E-state index contributed by atoms with van der Waals surface area (Å²) in [6.45, 7) is 5.09. The molecule has 0 aliphatic heterocycles. The Bertz CT molecular complexity index is 616. The lowest BCUT2D eigenvalue weighted by Crippen LogP contribution is -2.22. The van der Waals surface area contributed by atoms with Crippen LogP contribution >= 0.6 is 0 Å². The van der Waals surface area contributed by atoms with Crippen LogP contribution in [0, 0.1) is 11.8 Å². The van der Waals surface area contributed by atoms with Gasteiger partial charge in [-0.15, -0.1) is 11.8 Å². The van der Waals surface area contributed by atoms with Crippen LogP contribution < -0.4 is 5.32 Å². The summed E-state index contributed by atoms with van der Waals surface area (Å²) in [5.41, 5.74) is 2.34. The molecule has 2 rings (SSSR count). The summed E-state index contributed by atoms with van der Waals surface area (Å²) < 4.78 is 1.97. The molecular weight excluding hydrogens is 246 g/mol. The number of aryl methyl sites for hydroxylation is 1. The maximum atomic E-state index is 4.73. The third-order valence-electron chi connectivity index (χ3n) is 3.49. The average Bonchev–Trinajstić information content (AvgIpc) is 2.81. The molecule has 0 radical (unpaired) electrons. The summed E-state index contributed by atoms with van der Waals surface area (Å²) in [5.74, 6) is 6.12. The van der Waals surface area contributed by atoms with Gasteiger partial charge in [0.1, 0.15) is 0 Å². The molecule has 0 fully saturated rings. The van der Waals surface area contributed by atoms with Gasteiger partial charge in [-0.05, 0) is 32.4 Å². The molecule has 1 aromatic heterocycles. The van der Waals surface area contributed by atoms with E-state index < -0.39 is 0 Å². The van der Waals surface area contributed by atoms with E-state index in [0.717, 1.165) is 31.5 Å². The predicted molar refractivity (Wildman–Crippen MR) is 84.4 cm³/mol. The van der Waals surface area contributed by atoms with Crippen LogP contribution in [0.1, 0.15) is 44.8 Å². The molecule has 0 spiro atoms. The van der Waals surface area contributed by atoms with E-state index in [1.165, 1.54) is 10.9 Å². The molecule has 0 aliphatic rings. The third kappa shape index (κ3) is 3.20. The van der Waals surface area contributed by atoms with E-state index in [-0.39, 0.29) is 6.04 Å². The Kier molecular flexibility index (Phi) is 5.20. The summed E-state index contributed by atoms with van der Waals surface area (Å²) in [6.07, 6.45) is 3.03. The number of fused-ring (bicyclic) bond motifs is 1. The molecule has 0 amide bonds. The van der Waals surface area contributed by atoms with Crippen molar-refractivity contribution in [2.24, 2.45) is 7.05 Å². The number of nitrogens with zero attached hydrogens (tertiary/aromatic N) is 2. The standard InChI is InChI=1S/C17H23N3/c1-4-6-7-11-15(18-13-5-2)17-14-10-8-9-12-16(14)20(3)19-17/h8-10,12,15,18H,5,7,11,13H2,1-3H3. The fraction of sp³-hybridized carbons (Fsp3) is 0.471. The molecule has 106 valence electrons. The van der Waals surface area contributed by atoms with E-state index in [1.54, 1.807) is 0 Å². The first-order valence-corrected chi connectivity index (χ1v) is 7.32. The fourth-order valence-corrected chi connectivity index (χ4v) is 2.49. The summed E-state index contributed by atoms with van der Waals surface area (Å²) in [7, 11) is 2.01. The van der Waals surface area contributed by atoms with Gasteiger partial charge in [-0.1, -0.05) is 25.1 Å². The van der Waals surface area contributed by atoms with E-state index >= 15 is 0 Å². The lowest BCUT2D eigenvalue weighted by atomic mass is 10.0. The van der Waals surface area contributed by atoms with Crippen molar-refractivity contribution in [1.29, 1.82) is 0 Å². The molecule has 1 N–H and O–H groups in total. The van der Waals surface area contributed by atoms with Gasteiger partial charge in [0.15, 0.2) is 0 Å². The number of hydrogen-bond acceptors (Lipinski definition) is 2. The maximum Gasteiger partial charge on any atom is 0.0872 e. The second-order valence-electron chi connectivity index (χ2n) is 5.00. The van der Waals surface area contributed by atoms with Gasteiger partial charge in [0.2, 0.25) is 0 Å². The molecule has 3 heteroatoms. The van der Waals surface area contributed by atoms with Gasteiger partial charge in [0.25, 0.3) is 0 Å². The molecule has 2 aromatic rings. The maximum absolute atomic E-state index is 4.73. The zero-order valence-corrected chi connectivity index (χ0v) is 12.6. The first-order chi connectivity index (χ1) is 9.77. The quantitative estimate of drug-likeness (QED) is 0.814. The zero-order chi connectivity index (χ0) is 14.4. The van der Waals surface area contributed by atoms with Crippen LogP contribution in [0.15, 0.2) is 24.3 Å². The fourth-order valence-electron chi connectivity index (χ4n) is 2.49. The SMILES string of the molecule is CC#CCCC(NCCC)c1nn(C)c2ccccc12. The molecule has 1 unspecified atom stereocenters. The number of para-hydroxylation sites is 1. The molecule has 20 heavy (non-hydrogen) atoms. The molecule has 0 aliphatic carbocycles. The number of aromatic nitrogens is 2. The highest BCUT2D eigenvalue weighted by atomic mass is 15.3. The van der Waals surface area contributed by atoms with Crippen molar-refractivity contribution >= 4 is 10.9 Å². The van der Waals surface area contributed by atoms with Crippen molar-refractivity contribution in [3.05, 3.63) is 30.0 Å². The van der Waals surface area contributed by atoms with E-state index in [9.17, 15) is 0 Å². The highest BCUT2D eigenvalue weighted by Gasteiger charge is 2.17. The Morgan fingerprint density at radius 3 is 2.90 bits per heavy atom. The van der Waals surface area contributed by atoms with Crippen LogP contribution in [-0.2, 0) is 7.05 Å². The number of nitrogens with one attached hydrogen (secondary N) is 1. The van der Waals surface area contributed by atoms with Crippen molar-refractivity contribution in [2.45, 2.75) is 39.2 Å². The second kappa shape index (κ2) is 7.12. The van der Waals surface area contributed by atoms with Gasteiger partial charge in [0, 0.05) is 18.9 Å². The number of rotatable bonds is 6. The number of hydrogen-bond donors (Lipinski definition) is 1. The van der Waals surface area contributed by atoms with Crippen molar-refractivity contribution in [3.8, 4) is 11.8 Å². The van der Waals surface area contributed by atoms with Crippen LogP contribution in [0.5, 0.6) is 0 Å². The monoisotopic (exact) mass is 269 g/mol. The predicted octanol–water partition coefficient (Wildman–Crippen LogP) is 3.42. The molecule has 1 atom stereocenters. The van der Waals surface area contributed by atoms with E-state index in [0.29, 0.717) is 0 Å². The summed E-state index contributed by atoms with van der Waals surface area (Å²) in [6, 6.07) is 8.70. The van der Waals surface area contributed by atoms with Crippen LogP contribution in [0.25, 0.3) is 10.9 Å². The van der Waals surface area contributed by atoms with E-state index in [4.69, 9.17) is 5.10 Å². The van der Waals surface area contributed by atoms with Gasteiger partial charge in [-0.3, -0.25) is 4.68 Å². The largest absolute Gasteiger partial charge is 0.309 e. The second-order valence-corrected chi connectivity index (χ2v) is 5.00. The van der Waals surface area contributed by atoms with E-state index in [1.807, 2.05) is 18.7 Å². The summed E-state index contributed by atoms with van der Waals surface area (Å²) in [5, 5.41) is 9.58. The van der Waals surface area contributed by atoms with Gasteiger partial charge in [0.05, 0.1) is 17.3 Å². The van der Waals surface area contributed by atoms with Crippen LogP contribution in [0.2, 0.25) is 0 Å². The zero-order valence-electron chi connectivity index (χ0n) is 12.6. The Morgan fingerprint density at radius 2 is 2.15 bits per heavy atom. The molecule has 1 aromatic carbocycles. The Balaban J connectivity index is 2.30. The highest BCUT2D eigenvalue weighted by Crippen LogP contribution is 2.26. The van der Waals surface area contributed by atoms with Crippen molar-refractivity contribution in [2.75, 3.05) is 6.54 Å². The highest BCUT2D eigenvalue weighted by molar-refractivity contribution is 5.82. The normalized spacial score (nSPS) is 12.2. The lowest BCUT2D eigenvalue weighted by molar-refractivity contribution is 0.491. The minimum atomic E-state index is 0.280. The van der Waals surface area contributed by atoms with Gasteiger partial charge in [-0.2, -0.15) is 5.10 Å². The lowest BCUT2D eigenvalue weighted by Gasteiger charge is -2.15. The van der Waals surface area contributed by atoms with Gasteiger partial charge >= 0.3 is 0 Å². The first kappa shape index (κ1) is 14.6. The van der Waals surface area contributed by atoms with Crippen LogP contribution in [0.3, 0.4) is 0 Å². The Morgan fingerprint density at radius 1 is 1.35 bits per heavy atom. The summed E-state index contributed by atoms with van der Waals surface area (Å²) in [4.78, 5) is 0. The molecule has 0 saturated carbocycles. The van der Waals surface area contributed by atoms with E-state index in [2.05, 4.69) is 48.3 Å². The van der Waals surface area contributed by atoms with Gasteiger partial charge in [-0.25, -0.2) is 0 Å². The molecule has 1 heterocycles. The van der Waals surface area contributed by atoms with Gasteiger partial charge < -0.3 is 5.32 Å². The molecule has 3 nitrogen and oxygen atoms in total. The number of benzene rings is 1. The Hall–Kier alpha value is -1.79. The van der Waals surface area contributed by atoms with Crippen molar-refractivity contribution in [1.82, 2.24) is 15.1 Å². The van der Waals surface area contributed by atoms with Crippen LogP contribution in [-0.4, -0.2) is 16.3 Å². The summed E-state index contributed by atoms with van der Waals surface area (Å²) >= 11 is 0. The molecule has 0 bridgehead atoms. The minimum absolute atomic E-state index is 0.280. The topological polar surface area (TPSA) is 29.9 Å². The smallest absolute Gasteiger partial charge is 0.0872 e. The Labute approximate surface area is 121 Å².